The molecule has 37 heavy (non-hydrogen) atoms. The van der Waals surface area contributed by atoms with Gasteiger partial charge in [-0.25, -0.2) is 0 Å². The number of aromatic nitrogens is 1. The molecule has 0 atom stereocenters. The molecule has 0 saturated carbocycles. The fraction of sp³-hybridized carbons (Fsp3) is 0.100. The third-order valence-corrected chi connectivity index (χ3v) is 7.21. The van der Waals surface area contributed by atoms with Gasteiger partial charge in [0.05, 0.1) is 23.8 Å². The van der Waals surface area contributed by atoms with E-state index in [9.17, 15) is 9.59 Å². The van der Waals surface area contributed by atoms with Gasteiger partial charge in [0.15, 0.2) is 0 Å². The highest BCUT2D eigenvalue weighted by molar-refractivity contribution is 6.20. The molecule has 0 spiro atoms. The molecule has 2 heterocycles. The van der Waals surface area contributed by atoms with Crippen LogP contribution in [0.4, 0.5) is 5.69 Å². The minimum atomic E-state index is -0.526. The number of H-pyrrole nitrogens is 1. The van der Waals surface area contributed by atoms with Gasteiger partial charge in [-0.3, -0.25) is 9.59 Å². The van der Waals surface area contributed by atoms with Crippen molar-refractivity contribution in [3.05, 3.63) is 100 Å². The standard InChI is InChI=1S/C30H24N4O3/c1-16-6-8-19-15-34(30(36)24(19)12-16)26-5-3-4-20(17(26)2)21-10-11-23(29(31)35)28-27(21)22-9-7-18(14-32-37)13-25(22)33-28/h3-14,33,37H,15H2,1-2H3,(H2,31,35)/b32-14+. The first-order valence-electron chi connectivity index (χ1n) is 11.9. The molecule has 1 aromatic heterocycles. The van der Waals surface area contributed by atoms with Crippen molar-refractivity contribution in [3.63, 3.8) is 0 Å². The fourth-order valence-corrected chi connectivity index (χ4v) is 5.42. The maximum atomic E-state index is 13.3. The summed E-state index contributed by atoms with van der Waals surface area (Å²) in [4.78, 5) is 30.8. The number of aryl methyl sites for hydroxylation is 1. The van der Waals surface area contributed by atoms with E-state index >= 15 is 0 Å². The highest BCUT2D eigenvalue weighted by Gasteiger charge is 2.30. The second-order valence-electron chi connectivity index (χ2n) is 9.45. The molecule has 4 aromatic carbocycles. The van der Waals surface area contributed by atoms with E-state index in [1.807, 2.05) is 79.4 Å². The Morgan fingerprint density at radius 2 is 1.86 bits per heavy atom. The molecule has 0 unspecified atom stereocenters. The van der Waals surface area contributed by atoms with E-state index in [-0.39, 0.29) is 5.91 Å². The number of aromatic amines is 1. The first-order valence-corrected chi connectivity index (χ1v) is 11.9. The third-order valence-electron chi connectivity index (χ3n) is 7.21. The van der Waals surface area contributed by atoms with Gasteiger partial charge in [0.25, 0.3) is 11.8 Å². The van der Waals surface area contributed by atoms with Crippen molar-refractivity contribution in [1.82, 2.24) is 4.98 Å². The monoisotopic (exact) mass is 488 g/mol. The van der Waals surface area contributed by atoms with Crippen LogP contribution in [0.3, 0.4) is 0 Å². The molecule has 7 heteroatoms. The van der Waals surface area contributed by atoms with E-state index in [0.29, 0.717) is 23.2 Å². The maximum Gasteiger partial charge on any atom is 0.258 e. The van der Waals surface area contributed by atoms with Crippen molar-refractivity contribution in [3.8, 4) is 11.1 Å². The summed E-state index contributed by atoms with van der Waals surface area (Å²) in [6.45, 7) is 4.53. The van der Waals surface area contributed by atoms with Crippen LogP contribution in [0.15, 0.2) is 71.9 Å². The Kier molecular flexibility index (Phi) is 5.08. The third kappa shape index (κ3) is 3.47. The smallest absolute Gasteiger partial charge is 0.258 e. The Balaban J connectivity index is 1.55. The van der Waals surface area contributed by atoms with Crippen LogP contribution in [0.5, 0.6) is 0 Å². The SMILES string of the molecule is Cc1ccc2c(c1)C(=O)N(c1cccc(-c3ccc(C(N)=O)c4[nH]c5cc(/C=N/O)ccc5c34)c1C)C2. The average Bonchev–Trinajstić information content (AvgIpc) is 3.41. The number of rotatable bonds is 4. The molecule has 5 aromatic rings. The Labute approximate surface area is 212 Å². The number of anilines is 1. The van der Waals surface area contributed by atoms with Crippen LogP contribution in [0.1, 0.15) is 43.0 Å². The summed E-state index contributed by atoms with van der Waals surface area (Å²) in [7, 11) is 0. The predicted octanol–water partition coefficient (Wildman–Crippen LogP) is 5.67. The number of nitrogens with one attached hydrogen (secondary N) is 1. The van der Waals surface area contributed by atoms with Crippen molar-refractivity contribution in [2.24, 2.45) is 10.9 Å². The molecule has 7 nitrogen and oxygen atoms in total. The molecule has 0 radical (unpaired) electrons. The fourth-order valence-electron chi connectivity index (χ4n) is 5.42. The molecule has 0 aliphatic carbocycles. The summed E-state index contributed by atoms with van der Waals surface area (Å²) in [5.74, 6) is -0.528. The number of amides is 2. The van der Waals surface area contributed by atoms with Gasteiger partial charge in [0.2, 0.25) is 0 Å². The van der Waals surface area contributed by atoms with Gasteiger partial charge in [-0.05, 0) is 65.9 Å². The number of nitrogens with two attached hydrogens (primary N) is 1. The van der Waals surface area contributed by atoms with Gasteiger partial charge in [0.1, 0.15) is 0 Å². The van der Waals surface area contributed by atoms with Gasteiger partial charge in [-0.15, -0.1) is 0 Å². The second kappa shape index (κ2) is 8.34. The minimum Gasteiger partial charge on any atom is -0.411 e. The first kappa shape index (κ1) is 22.5. The van der Waals surface area contributed by atoms with Gasteiger partial charge < -0.3 is 20.8 Å². The number of hydrogen-bond donors (Lipinski definition) is 3. The van der Waals surface area contributed by atoms with E-state index in [1.165, 1.54) is 6.21 Å². The number of oxime groups is 1. The summed E-state index contributed by atoms with van der Waals surface area (Å²) in [6.07, 6.45) is 1.35. The van der Waals surface area contributed by atoms with Crippen molar-refractivity contribution < 1.29 is 14.8 Å². The van der Waals surface area contributed by atoms with Crippen LogP contribution < -0.4 is 10.6 Å². The highest BCUT2D eigenvalue weighted by atomic mass is 16.4. The normalized spacial score (nSPS) is 13.2. The molecule has 182 valence electrons. The van der Waals surface area contributed by atoms with Crippen LogP contribution in [-0.4, -0.2) is 28.2 Å². The number of carbonyl (C=O) groups excluding carboxylic acids is 2. The van der Waals surface area contributed by atoms with Gasteiger partial charge in [-0.1, -0.05) is 53.2 Å². The molecule has 0 fully saturated rings. The molecule has 0 saturated heterocycles. The topological polar surface area (TPSA) is 112 Å². The van der Waals surface area contributed by atoms with E-state index in [1.54, 1.807) is 6.07 Å². The number of primary amides is 1. The molecule has 1 aliphatic heterocycles. The van der Waals surface area contributed by atoms with Crippen molar-refractivity contribution in [2.75, 3.05) is 4.90 Å². The molecule has 0 bridgehead atoms. The highest BCUT2D eigenvalue weighted by Crippen LogP contribution is 2.41. The molecule has 2 amide bonds. The first-order chi connectivity index (χ1) is 17.9. The number of carbonyl (C=O) groups is 2. The lowest BCUT2D eigenvalue weighted by atomic mass is 9.93. The number of fused-ring (bicyclic) bond motifs is 4. The zero-order valence-corrected chi connectivity index (χ0v) is 20.4. The van der Waals surface area contributed by atoms with Crippen LogP contribution >= 0.6 is 0 Å². The number of nitrogens with zero attached hydrogens (tertiary/aromatic N) is 2. The largest absolute Gasteiger partial charge is 0.411 e. The van der Waals surface area contributed by atoms with Gasteiger partial charge in [-0.2, -0.15) is 0 Å². The van der Waals surface area contributed by atoms with Crippen molar-refractivity contribution >= 4 is 45.5 Å². The quantitative estimate of drug-likeness (QED) is 0.172. The average molecular weight is 489 g/mol. The van der Waals surface area contributed by atoms with Crippen LogP contribution in [0, 0.1) is 13.8 Å². The molecular formula is C30H24N4O3. The summed E-state index contributed by atoms with van der Waals surface area (Å²) in [5, 5.41) is 13.8. The summed E-state index contributed by atoms with van der Waals surface area (Å²) < 4.78 is 0. The van der Waals surface area contributed by atoms with Crippen LogP contribution in [0.25, 0.3) is 32.9 Å². The summed E-state index contributed by atoms with van der Waals surface area (Å²) >= 11 is 0. The van der Waals surface area contributed by atoms with Gasteiger partial charge >= 0.3 is 0 Å². The molecule has 1 aliphatic rings. The lowest BCUT2D eigenvalue weighted by Gasteiger charge is -2.21. The number of hydrogen-bond acceptors (Lipinski definition) is 4. The Morgan fingerprint density at radius 1 is 1.03 bits per heavy atom. The maximum absolute atomic E-state index is 13.3. The molecule has 6 rings (SSSR count). The van der Waals surface area contributed by atoms with Crippen molar-refractivity contribution in [2.45, 2.75) is 20.4 Å². The minimum absolute atomic E-state index is 0.00153. The van der Waals surface area contributed by atoms with E-state index in [0.717, 1.165) is 55.4 Å². The van der Waals surface area contributed by atoms with Crippen LogP contribution in [-0.2, 0) is 6.54 Å². The van der Waals surface area contributed by atoms with Gasteiger partial charge in [0, 0.05) is 27.5 Å². The van der Waals surface area contributed by atoms with Crippen molar-refractivity contribution in [1.29, 1.82) is 0 Å². The summed E-state index contributed by atoms with van der Waals surface area (Å²) in [5.41, 5.74) is 14.8. The predicted molar refractivity (Wildman–Crippen MR) is 146 cm³/mol. The summed E-state index contributed by atoms with van der Waals surface area (Å²) in [6, 6.07) is 21.2. The van der Waals surface area contributed by atoms with E-state index in [2.05, 4.69) is 10.1 Å². The zero-order valence-electron chi connectivity index (χ0n) is 20.4. The molecule has 4 N–H and O–H groups in total. The number of benzene rings is 4. The van der Waals surface area contributed by atoms with Crippen LogP contribution in [0.2, 0.25) is 0 Å². The van der Waals surface area contributed by atoms with E-state index < -0.39 is 5.91 Å². The second-order valence-corrected chi connectivity index (χ2v) is 9.45. The Morgan fingerprint density at radius 3 is 2.65 bits per heavy atom. The van der Waals surface area contributed by atoms with E-state index in [4.69, 9.17) is 10.9 Å². The lowest BCUT2D eigenvalue weighted by Crippen LogP contribution is -2.24. The molecular weight excluding hydrogens is 464 g/mol. The Bertz CT molecular complexity index is 1800. The lowest BCUT2D eigenvalue weighted by molar-refractivity contribution is 0.0990. The zero-order chi connectivity index (χ0) is 25.8. The Hall–Kier alpha value is -4.91.